The van der Waals surface area contributed by atoms with E-state index < -0.39 is 0 Å². The largest absolute Gasteiger partial charge is 1.00 e. The molecule has 1 rings (SSSR count). The molecule has 0 unspecified atom stereocenters. The fourth-order valence-corrected chi connectivity index (χ4v) is 0.511. The first-order chi connectivity index (χ1) is 3.80. The standard InChI is InChI=1S/C6H8N2.2Na/c7-5-3-1-2-4-6(5)8;;/h1-4H,7-8H2;;/q;2*+1. The van der Waals surface area contributed by atoms with Crippen LogP contribution in [0.25, 0.3) is 0 Å². The van der Waals surface area contributed by atoms with E-state index in [1.807, 2.05) is 12.1 Å². The van der Waals surface area contributed by atoms with Crippen LogP contribution >= 0.6 is 0 Å². The molecule has 1 aromatic carbocycles. The summed E-state index contributed by atoms with van der Waals surface area (Å²) < 4.78 is 0. The van der Waals surface area contributed by atoms with Crippen molar-refractivity contribution >= 4 is 11.4 Å². The fourth-order valence-electron chi connectivity index (χ4n) is 0.511. The minimum Gasteiger partial charge on any atom is -0.397 e. The van der Waals surface area contributed by atoms with Crippen LogP contribution in [0.3, 0.4) is 0 Å². The molecule has 0 aromatic heterocycles. The Labute approximate surface area is 105 Å². The Bertz CT molecular complexity index is 170. The Morgan fingerprint density at radius 3 is 1.30 bits per heavy atom. The number of para-hydroxylation sites is 2. The molecule has 10 heavy (non-hydrogen) atoms. The van der Waals surface area contributed by atoms with E-state index in [1.165, 1.54) is 0 Å². The summed E-state index contributed by atoms with van der Waals surface area (Å²) in [6.45, 7) is 0. The number of nitrogen functional groups attached to an aromatic ring is 2. The average molecular weight is 154 g/mol. The van der Waals surface area contributed by atoms with Gasteiger partial charge in [0.15, 0.2) is 0 Å². The average Bonchev–Trinajstić information content (AvgIpc) is 1.77. The van der Waals surface area contributed by atoms with Gasteiger partial charge in [0.05, 0.1) is 11.4 Å². The molecule has 0 heterocycles. The molecule has 4 N–H and O–H groups in total. The van der Waals surface area contributed by atoms with Crippen molar-refractivity contribution in [1.29, 1.82) is 0 Å². The van der Waals surface area contributed by atoms with Gasteiger partial charge >= 0.3 is 59.1 Å². The van der Waals surface area contributed by atoms with Gasteiger partial charge in [0, 0.05) is 0 Å². The van der Waals surface area contributed by atoms with Gasteiger partial charge in [-0.3, -0.25) is 0 Å². The van der Waals surface area contributed by atoms with Gasteiger partial charge in [0.25, 0.3) is 0 Å². The molecule has 0 aliphatic heterocycles. The number of benzene rings is 1. The molecular weight excluding hydrogens is 146 g/mol. The van der Waals surface area contributed by atoms with Crippen molar-refractivity contribution in [2.45, 2.75) is 0 Å². The third kappa shape index (κ3) is 3.86. The first-order valence-electron chi connectivity index (χ1n) is 2.40. The summed E-state index contributed by atoms with van der Waals surface area (Å²) in [5.74, 6) is 0. The van der Waals surface area contributed by atoms with Gasteiger partial charge in [-0.05, 0) is 12.1 Å². The Morgan fingerprint density at radius 1 is 0.800 bits per heavy atom. The van der Waals surface area contributed by atoms with Crippen molar-refractivity contribution in [2.24, 2.45) is 0 Å². The Hall–Kier alpha value is 0.820. The smallest absolute Gasteiger partial charge is 0.397 e. The molecule has 0 saturated heterocycles. The van der Waals surface area contributed by atoms with Crippen LogP contribution in [0.1, 0.15) is 0 Å². The third-order valence-electron chi connectivity index (χ3n) is 0.996. The van der Waals surface area contributed by atoms with E-state index >= 15 is 0 Å². The van der Waals surface area contributed by atoms with Crippen LogP contribution in [0.5, 0.6) is 0 Å². The Balaban J connectivity index is 0. The molecule has 0 atom stereocenters. The van der Waals surface area contributed by atoms with E-state index in [4.69, 9.17) is 11.5 Å². The van der Waals surface area contributed by atoms with Gasteiger partial charge in [-0.2, -0.15) is 0 Å². The summed E-state index contributed by atoms with van der Waals surface area (Å²) >= 11 is 0. The van der Waals surface area contributed by atoms with Gasteiger partial charge < -0.3 is 11.5 Å². The quantitative estimate of drug-likeness (QED) is 0.290. The van der Waals surface area contributed by atoms with Crippen LogP contribution in [0.15, 0.2) is 24.3 Å². The summed E-state index contributed by atoms with van der Waals surface area (Å²) in [5, 5.41) is 0. The van der Waals surface area contributed by atoms with E-state index in [-0.39, 0.29) is 59.1 Å². The second kappa shape index (κ2) is 6.53. The summed E-state index contributed by atoms with van der Waals surface area (Å²) in [4.78, 5) is 0. The van der Waals surface area contributed by atoms with Crippen LogP contribution in [-0.2, 0) is 0 Å². The van der Waals surface area contributed by atoms with Crippen molar-refractivity contribution in [3.05, 3.63) is 24.3 Å². The minimum absolute atomic E-state index is 0. The van der Waals surface area contributed by atoms with Crippen LogP contribution in [-0.4, -0.2) is 0 Å². The SMILES string of the molecule is Nc1ccccc1N.[Na+].[Na+]. The van der Waals surface area contributed by atoms with Crippen LogP contribution in [0.4, 0.5) is 11.4 Å². The van der Waals surface area contributed by atoms with Crippen LogP contribution in [0, 0.1) is 0 Å². The third-order valence-corrected chi connectivity index (χ3v) is 0.996. The predicted molar refractivity (Wildman–Crippen MR) is 35.3 cm³/mol. The van der Waals surface area contributed by atoms with Crippen molar-refractivity contribution in [3.63, 3.8) is 0 Å². The Morgan fingerprint density at radius 2 is 1.10 bits per heavy atom. The monoisotopic (exact) mass is 154 g/mol. The molecule has 0 fully saturated rings. The van der Waals surface area contributed by atoms with Crippen molar-refractivity contribution < 1.29 is 59.1 Å². The van der Waals surface area contributed by atoms with E-state index in [9.17, 15) is 0 Å². The second-order valence-corrected chi connectivity index (χ2v) is 1.63. The molecule has 4 heteroatoms. The molecule has 2 nitrogen and oxygen atoms in total. The van der Waals surface area contributed by atoms with Crippen LogP contribution in [0.2, 0.25) is 0 Å². The minimum atomic E-state index is 0. The van der Waals surface area contributed by atoms with Gasteiger partial charge in [0.2, 0.25) is 0 Å². The maximum atomic E-state index is 5.39. The van der Waals surface area contributed by atoms with Gasteiger partial charge in [0.1, 0.15) is 0 Å². The van der Waals surface area contributed by atoms with Crippen molar-refractivity contribution in [2.75, 3.05) is 11.5 Å². The van der Waals surface area contributed by atoms with E-state index in [0.717, 1.165) is 0 Å². The first-order valence-corrected chi connectivity index (χ1v) is 2.40. The number of hydrogen-bond acceptors (Lipinski definition) is 2. The number of anilines is 2. The topological polar surface area (TPSA) is 52.0 Å². The molecule has 0 radical (unpaired) electrons. The summed E-state index contributed by atoms with van der Waals surface area (Å²) in [6.07, 6.45) is 0. The predicted octanol–water partition coefficient (Wildman–Crippen LogP) is -5.14. The first kappa shape index (κ1) is 13.4. The maximum Gasteiger partial charge on any atom is 1.00 e. The van der Waals surface area contributed by atoms with Gasteiger partial charge in [-0.25, -0.2) is 0 Å². The normalized spacial score (nSPS) is 7.20. The molecule has 0 aliphatic rings. The second-order valence-electron chi connectivity index (χ2n) is 1.63. The molecule has 0 bridgehead atoms. The zero-order valence-corrected chi connectivity index (χ0v) is 10.5. The van der Waals surface area contributed by atoms with E-state index in [2.05, 4.69) is 0 Å². The summed E-state index contributed by atoms with van der Waals surface area (Å²) in [6, 6.07) is 7.25. The summed E-state index contributed by atoms with van der Waals surface area (Å²) in [5.41, 5.74) is 12.1. The zero-order valence-electron chi connectivity index (χ0n) is 6.46. The molecule has 1 aromatic rings. The zero-order chi connectivity index (χ0) is 5.98. The number of rotatable bonds is 0. The van der Waals surface area contributed by atoms with Gasteiger partial charge in [-0.15, -0.1) is 0 Å². The van der Waals surface area contributed by atoms with Gasteiger partial charge in [-0.1, -0.05) is 12.1 Å². The molecular formula is C6H8N2Na2+2. The number of nitrogens with two attached hydrogens (primary N) is 2. The Kier molecular flexibility index (Phi) is 8.75. The van der Waals surface area contributed by atoms with Crippen molar-refractivity contribution in [1.82, 2.24) is 0 Å². The summed E-state index contributed by atoms with van der Waals surface area (Å²) in [7, 11) is 0. The molecule has 0 amide bonds. The van der Waals surface area contributed by atoms with Crippen molar-refractivity contribution in [3.8, 4) is 0 Å². The van der Waals surface area contributed by atoms with Crippen LogP contribution < -0.4 is 70.6 Å². The molecule has 0 aliphatic carbocycles. The van der Waals surface area contributed by atoms with E-state index in [0.29, 0.717) is 11.4 Å². The number of hydrogen-bond donors (Lipinski definition) is 2. The molecule has 0 saturated carbocycles. The molecule has 42 valence electrons. The fraction of sp³-hybridized carbons (Fsp3) is 0. The maximum absolute atomic E-state index is 5.39. The van der Waals surface area contributed by atoms with E-state index in [1.54, 1.807) is 12.1 Å². The molecule has 0 spiro atoms.